The lowest BCUT2D eigenvalue weighted by Crippen LogP contribution is -1.91. The van der Waals surface area contributed by atoms with Crippen molar-refractivity contribution in [3.8, 4) is 11.5 Å². The van der Waals surface area contributed by atoms with Crippen LogP contribution < -0.4 is 4.74 Å². The average molecular weight is 328 g/mol. The number of hydrogen-bond donors (Lipinski definition) is 1. The summed E-state index contributed by atoms with van der Waals surface area (Å²) in [5, 5.41) is 9.96. The molecule has 2 rings (SSSR count). The van der Waals surface area contributed by atoms with Gasteiger partial charge in [-0.1, -0.05) is 39.7 Å². The van der Waals surface area contributed by atoms with Crippen LogP contribution in [0.25, 0.3) is 0 Å². The molecule has 2 nitrogen and oxygen atoms in total. The molecule has 18 heavy (non-hydrogen) atoms. The third-order valence-corrected chi connectivity index (χ3v) is 3.27. The second-order valence-corrected chi connectivity index (χ2v) is 5.24. The molecular formula is C14H12BrClO2. The molecule has 0 aromatic heterocycles. The zero-order valence-electron chi connectivity index (χ0n) is 9.73. The lowest BCUT2D eigenvalue weighted by Gasteiger charge is -2.09. The van der Waals surface area contributed by atoms with Crippen LogP contribution >= 0.6 is 27.5 Å². The van der Waals surface area contributed by atoms with E-state index in [1.54, 1.807) is 31.2 Å². The van der Waals surface area contributed by atoms with Gasteiger partial charge < -0.3 is 9.84 Å². The number of aliphatic hydroxyl groups excluding tert-OH is 1. The second kappa shape index (κ2) is 5.74. The number of ether oxygens (including phenoxy) is 1. The molecular weight excluding hydrogens is 316 g/mol. The van der Waals surface area contributed by atoms with Crippen molar-refractivity contribution in [2.45, 2.75) is 13.0 Å². The number of benzene rings is 2. The summed E-state index contributed by atoms with van der Waals surface area (Å²) in [7, 11) is 0. The Morgan fingerprint density at radius 2 is 1.83 bits per heavy atom. The van der Waals surface area contributed by atoms with Crippen molar-refractivity contribution in [2.24, 2.45) is 0 Å². The maximum absolute atomic E-state index is 9.41. The smallest absolute Gasteiger partial charge is 0.146 e. The van der Waals surface area contributed by atoms with Crippen LogP contribution in [0.3, 0.4) is 0 Å². The fourth-order valence-electron chi connectivity index (χ4n) is 1.50. The Balaban J connectivity index is 2.18. The summed E-state index contributed by atoms with van der Waals surface area (Å²) >= 11 is 9.41. The SMILES string of the molecule is C[C@H](O)c1ccc(Oc2ccc(Br)cc2Cl)cc1. The molecule has 2 aromatic rings. The minimum absolute atomic E-state index is 0.477. The minimum atomic E-state index is -0.477. The molecule has 0 saturated heterocycles. The Kier molecular flexibility index (Phi) is 4.27. The second-order valence-electron chi connectivity index (χ2n) is 3.92. The molecule has 0 radical (unpaired) electrons. The minimum Gasteiger partial charge on any atom is -0.456 e. The van der Waals surface area contributed by atoms with E-state index >= 15 is 0 Å². The maximum Gasteiger partial charge on any atom is 0.146 e. The van der Waals surface area contributed by atoms with Gasteiger partial charge in [-0.3, -0.25) is 0 Å². The lowest BCUT2D eigenvalue weighted by atomic mass is 10.1. The summed E-state index contributed by atoms with van der Waals surface area (Å²) in [5.41, 5.74) is 0.851. The molecule has 0 amide bonds. The normalized spacial score (nSPS) is 12.2. The van der Waals surface area contributed by atoms with Crippen molar-refractivity contribution in [3.63, 3.8) is 0 Å². The molecule has 1 N–H and O–H groups in total. The Morgan fingerprint density at radius 3 is 2.39 bits per heavy atom. The van der Waals surface area contributed by atoms with Gasteiger partial charge in [0.1, 0.15) is 11.5 Å². The van der Waals surface area contributed by atoms with Crippen molar-refractivity contribution >= 4 is 27.5 Å². The summed E-state index contributed by atoms with van der Waals surface area (Å²) in [4.78, 5) is 0. The molecule has 0 saturated carbocycles. The number of halogens is 2. The predicted octanol–water partition coefficient (Wildman–Crippen LogP) is 4.95. The van der Waals surface area contributed by atoms with Gasteiger partial charge in [0.05, 0.1) is 11.1 Å². The van der Waals surface area contributed by atoms with Gasteiger partial charge in [0, 0.05) is 4.47 Å². The van der Waals surface area contributed by atoms with Crippen molar-refractivity contribution in [2.75, 3.05) is 0 Å². The first-order chi connectivity index (χ1) is 8.56. The molecule has 0 bridgehead atoms. The van der Waals surface area contributed by atoms with E-state index in [2.05, 4.69) is 15.9 Å². The Bertz CT molecular complexity index is 538. The van der Waals surface area contributed by atoms with Crippen LogP contribution in [0.2, 0.25) is 5.02 Å². The molecule has 1 atom stereocenters. The monoisotopic (exact) mass is 326 g/mol. The highest BCUT2D eigenvalue weighted by molar-refractivity contribution is 9.10. The van der Waals surface area contributed by atoms with Gasteiger partial charge in [-0.25, -0.2) is 0 Å². The average Bonchev–Trinajstić information content (AvgIpc) is 2.33. The molecule has 2 aromatic carbocycles. The molecule has 94 valence electrons. The van der Waals surface area contributed by atoms with E-state index in [0.717, 1.165) is 10.0 Å². The molecule has 4 heteroatoms. The zero-order valence-corrected chi connectivity index (χ0v) is 12.1. The summed E-state index contributed by atoms with van der Waals surface area (Å²) < 4.78 is 6.57. The van der Waals surface area contributed by atoms with Crippen molar-refractivity contribution < 1.29 is 9.84 Å². The van der Waals surface area contributed by atoms with Crippen molar-refractivity contribution in [3.05, 3.63) is 57.5 Å². The van der Waals surface area contributed by atoms with Gasteiger partial charge >= 0.3 is 0 Å². The molecule has 0 aliphatic carbocycles. The summed E-state index contributed by atoms with van der Waals surface area (Å²) in [6.45, 7) is 1.72. The molecule has 0 fully saturated rings. The Labute approximate surface area is 119 Å². The summed E-state index contributed by atoms with van der Waals surface area (Å²) in [6, 6.07) is 12.7. The molecule has 0 aliphatic heterocycles. The topological polar surface area (TPSA) is 29.5 Å². The van der Waals surface area contributed by atoms with E-state index in [1.807, 2.05) is 18.2 Å². The first kappa shape index (κ1) is 13.4. The fourth-order valence-corrected chi connectivity index (χ4v) is 2.21. The van der Waals surface area contributed by atoms with E-state index in [-0.39, 0.29) is 0 Å². The highest BCUT2D eigenvalue weighted by atomic mass is 79.9. The van der Waals surface area contributed by atoms with E-state index in [4.69, 9.17) is 16.3 Å². The van der Waals surface area contributed by atoms with Gasteiger partial charge in [-0.2, -0.15) is 0 Å². The van der Waals surface area contributed by atoms with Gasteiger partial charge in [-0.15, -0.1) is 0 Å². The van der Waals surface area contributed by atoms with Gasteiger partial charge in [0.15, 0.2) is 0 Å². The van der Waals surface area contributed by atoms with E-state index in [0.29, 0.717) is 16.5 Å². The van der Waals surface area contributed by atoms with Crippen molar-refractivity contribution in [1.82, 2.24) is 0 Å². The van der Waals surface area contributed by atoms with Gasteiger partial charge in [0.2, 0.25) is 0 Å². The predicted molar refractivity (Wildman–Crippen MR) is 76.3 cm³/mol. The van der Waals surface area contributed by atoms with Crippen LogP contribution in [-0.4, -0.2) is 5.11 Å². The highest BCUT2D eigenvalue weighted by Gasteiger charge is 2.05. The van der Waals surface area contributed by atoms with Crippen LogP contribution in [0, 0.1) is 0 Å². The third kappa shape index (κ3) is 3.25. The van der Waals surface area contributed by atoms with Gasteiger partial charge in [-0.05, 0) is 42.8 Å². The first-order valence-corrected chi connectivity index (χ1v) is 6.64. The van der Waals surface area contributed by atoms with Gasteiger partial charge in [0.25, 0.3) is 0 Å². The summed E-state index contributed by atoms with van der Waals surface area (Å²) in [6.07, 6.45) is -0.477. The molecule has 0 aliphatic rings. The molecule has 0 heterocycles. The summed E-state index contributed by atoms with van der Waals surface area (Å²) in [5.74, 6) is 1.29. The van der Waals surface area contributed by atoms with E-state index < -0.39 is 6.10 Å². The number of hydrogen-bond acceptors (Lipinski definition) is 2. The Morgan fingerprint density at radius 1 is 1.17 bits per heavy atom. The molecule has 0 unspecified atom stereocenters. The van der Waals surface area contributed by atoms with E-state index in [1.165, 1.54) is 0 Å². The van der Waals surface area contributed by atoms with Crippen LogP contribution in [-0.2, 0) is 0 Å². The van der Waals surface area contributed by atoms with Crippen LogP contribution in [0.1, 0.15) is 18.6 Å². The maximum atomic E-state index is 9.41. The van der Waals surface area contributed by atoms with Crippen LogP contribution in [0.4, 0.5) is 0 Å². The largest absolute Gasteiger partial charge is 0.456 e. The standard InChI is InChI=1S/C14H12BrClO2/c1-9(17)10-2-5-12(6-3-10)18-14-7-4-11(15)8-13(14)16/h2-9,17H,1H3/t9-/m0/s1. The Hall–Kier alpha value is -1.03. The lowest BCUT2D eigenvalue weighted by molar-refractivity contribution is 0.199. The van der Waals surface area contributed by atoms with Crippen LogP contribution in [0.15, 0.2) is 46.9 Å². The first-order valence-electron chi connectivity index (χ1n) is 5.47. The number of aliphatic hydroxyl groups is 1. The highest BCUT2D eigenvalue weighted by Crippen LogP contribution is 2.32. The molecule has 0 spiro atoms. The van der Waals surface area contributed by atoms with E-state index in [9.17, 15) is 5.11 Å². The van der Waals surface area contributed by atoms with Crippen molar-refractivity contribution in [1.29, 1.82) is 0 Å². The fraction of sp³-hybridized carbons (Fsp3) is 0.143. The zero-order chi connectivity index (χ0) is 13.1. The number of rotatable bonds is 3. The quantitative estimate of drug-likeness (QED) is 0.864. The van der Waals surface area contributed by atoms with Crippen LogP contribution in [0.5, 0.6) is 11.5 Å². The third-order valence-electron chi connectivity index (χ3n) is 2.48.